The molecule has 0 heterocycles. The molecular formula is C20H14N2. The first-order valence-electron chi connectivity index (χ1n) is 7.00. The van der Waals surface area contributed by atoms with Crippen molar-refractivity contribution in [2.75, 3.05) is 0 Å². The van der Waals surface area contributed by atoms with E-state index in [1.54, 1.807) is 0 Å². The topological polar surface area (TPSA) is 24.7 Å². The fraction of sp³-hybridized carbons (Fsp3) is 0. The average Bonchev–Trinajstić information content (AvgIpc) is 2.61. The molecule has 0 aliphatic heterocycles. The van der Waals surface area contributed by atoms with Crippen molar-refractivity contribution in [1.29, 1.82) is 0 Å². The lowest BCUT2D eigenvalue weighted by molar-refractivity contribution is 1.23. The van der Waals surface area contributed by atoms with Crippen LogP contribution in [0.2, 0.25) is 0 Å². The van der Waals surface area contributed by atoms with E-state index in [4.69, 9.17) is 6.42 Å². The lowest BCUT2D eigenvalue weighted by Crippen LogP contribution is -1.83. The lowest BCUT2D eigenvalue weighted by atomic mass is 10.0. The predicted octanol–water partition coefficient (Wildman–Crippen LogP) is 5.75. The molecule has 0 aromatic heterocycles. The van der Waals surface area contributed by atoms with Crippen LogP contribution in [-0.2, 0) is 0 Å². The molecule has 0 unspecified atom stereocenters. The van der Waals surface area contributed by atoms with Gasteiger partial charge in [0, 0.05) is 5.56 Å². The number of azo groups is 1. The fourth-order valence-corrected chi connectivity index (χ4v) is 2.22. The molecule has 0 saturated heterocycles. The highest BCUT2D eigenvalue weighted by molar-refractivity contribution is 5.79. The van der Waals surface area contributed by atoms with Crippen molar-refractivity contribution in [3.8, 4) is 23.5 Å². The van der Waals surface area contributed by atoms with Gasteiger partial charge in [0.05, 0.1) is 11.3 Å². The summed E-state index contributed by atoms with van der Waals surface area (Å²) in [6.45, 7) is 0. The second kappa shape index (κ2) is 6.51. The van der Waals surface area contributed by atoms with E-state index in [2.05, 4.69) is 16.1 Å². The maximum absolute atomic E-state index is 5.61. The van der Waals surface area contributed by atoms with Crippen molar-refractivity contribution in [1.82, 2.24) is 0 Å². The first-order valence-corrected chi connectivity index (χ1v) is 7.00. The molecule has 0 spiro atoms. The van der Waals surface area contributed by atoms with Crippen molar-refractivity contribution >= 4 is 11.4 Å². The minimum Gasteiger partial charge on any atom is -0.151 e. The lowest BCUT2D eigenvalue weighted by Gasteiger charge is -2.07. The van der Waals surface area contributed by atoms with Gasteiger partial charge in [0.15, 0.2) is 0 Å². The molecule has 2 nitrogen and oxygen atoms in total. The van der Waals surface area contributed by atoms with Crippen molar-refractivity contribution in [3.63, 3.8) is 0 Å². The summed E-state index contributed by atoms with van der Waals surface area (Å²) in [4.78, 5) is 0. The molecule has 0 saturated carbocycles. The van der Waals surface area contributed by atoms with Gasteiger partial charge >= 0.3 is 0 Å². The van der Waals surface area contributed by atoms with Gasteiger partial charge in [-0.1, -0.05) is 66.6 Å². The molecule has 0 aliphatic rings. The van der Waals surface area contributed by atoms with Crippen LogP contribution in [0.4, 0.5) is 11.4 Å². The van der Waals surface area contributed by atoms with Gasteiger partial charge in [-0.3, -0.25) is 0 Å². The molecule has 0 fully saturated rings. The molecule has 3 aromatic rings. The fourth-order valence-electron chi connectivity index (χ4n) is 2.22. The van der Waals surface area contributed by atoms with E-state index in [1.165, 1.54) is 0 Å². The third kappa shape index (κ3) is 2.94. The van der Waals surface area contributed by atoms with Gasteiger partial charge in [0.1, 0.15) is 5.69 Å². The highest BCUT2D eigenvalue weighted by atomic mass is 15.1. The van der Waals surface area contributed by atoms with Crippen LogP contribution in [0.15, 0.2) is 89.1 Å². The summed E-state index contributed by atoms with van der Waals surface area (Å²) in [5.41, 5.74) is 4.31. The molecule has 0 aliphatic carbocycles. The number of benzene rings is 3. The standard InChI is InChI=1S/C20H14N2/c1-2-16-12-9-15-19(17-10-5-3-6-11-17)20(16)22-21-18-13-7-4-8-14-18/h1,3-15H. The van der Waals surface area contributed by atoms with Gasteiger partial charge in [-0.2, -0.15) is 5.11 Å². The van der Waals surface area contributed by atoms with Gasteiger partial charge in [0.2, 0.25) is 0 Å². The summed E-state index contributed by atoms with van der Waals surface area (Å²) in [5, 5.41) is 8.71. The van der Waals surface area contributed by atoms with Gasteiger partial charge in [-0.25, -0.2) is 0 Å². The van der Waals surface area contributed by atoms with Crippen LogP contribution in [0.3, 0.4) is 0 Å². The van der Waals surface area contributed by atoms with E-state index < -0.39 is 0 Å². The third-order valence-electron chi connectivity index (χ3n) is 3.30. The van der Waals surface area contributed by atoms with E-state index in [-0.39, 0.29) is 0 Å². The molecule has 104 valence electrons. The smallest absolute Gasteiger partial charge is 0.109 e. The number of terminal acetylenes is 1. The van der Waals surface area contributed by atoms with Crippen molar-refractivity contribution in [2.24, 2.45) is 10.2 Å². The molecular weight excluding hydrogens is 268 g/mol. The Kier molecular flexibility index (Phi) is 4.08. The molecule has 0 N–H and O–H groups in total. The SMILES string of the molecule is C#Cc1cccc(-c2ccccc2)c1N=Nc1ccccc1. The van der Waals surface area contributed by atoms with Crippen LogP contribution < -0.4 is 0 Å². The Labute approximate surface area is 130 Å². The van der Waals surface area contributed by atoms with Crippen molar-refractivity contribution < 1.29 is 0 Å². The van der Waals surface area contributed by atoms with E-state index in [1.807, 2.05) is 78.9 Å². The number of nitrogens with zero attached hydrogens (tertiary/aromatic N) is 2. The van der Waals surface area contributed by atoms with Gasteiger partial charge < -0.3 is 0 Å². The van der Waals surface area contributed by atoms with Crippen LogP contribution in [-0.4, -0.2) is 0 Å². The van der Waals surface area contributed by atoms with Crippen LogP contribution in [0.1, 0.15) is 5.56 Å². The van der Waals surface area contributed by atoms with Crippen LogP contribution in [0.25, 0.3) is 11.1 Å². The van der Waals surface area contributed by atoms with Crippen LogP contribution in [0, 0.1) is 12.3 Å². The van der Waals surface area contributed by atoms with Crippen LogP contribution >= 0.6 is 0 Å². The normalized spacial score (nSPS) is 10.5. The first-order chi connectivity index (χ1) is 10.9. The van der Waals surface area contributed by atoms with Gasteiger partial charge in [0.25, 0.3) is 0 Å². The van der Waals surface area contributed by atoms with Crippen molar-refractivity contribution in [3.05, 3.63) is 84.4 Å². The summed E-state index contributed by atoms with van der Waals surface area (Å²) in [6.07, 6.45) is 5.61. The number of hydrogen-bond donors (Lipinski definition) is 0. The van der Waals surface area contributed by atoms with E-state index in [0.29, 0.717) is 0 Å². The largest absolute Gasteiger partial charge is 0.151 e. The molecule has 22 heavy (non-hydrogen) atoms. The van der Waals surface area contributed by atoms with Crippen molar-refractivity contribution in [2.45, 2.75) is 0 Å². The predicted molar refractivity (Wildman–Crippen MR) is 90.4 cm³/mol. The molecule has 0 amide bonds. The summed E-state index contributed by atoms with van der Waals surface area (Å²) in [6, 6.07) is 25.5. The molecule has 0 atom stereocenters. The number of rotatable bonds is 3. The maximum Gasteiger partial charge on any atom is 0.109 e. The van der Waals surface area contributed by atoms with Gasteiger partial charge in [-0.15, -0.1) is 11.5 Å². The quantitative estimate of drug-likeness (QED) is 0.431. The summed E-state index contributed by atoms with van der Waals surface area (Å²) in [5.74, 6) is 2.69. The second-order valence-electron chi connectivity index (χ2n) is 4.75. The minimum atomic E-state index is 0.722. The Morgan fingerprint density at radius 2 is 1.36 bits per heavy atom. The summed E-state index contributed by atoms with van der Waals surface area (Å²) >= 11 is 0. The monoisotopic (exact) mass is 282 g/mol. The Morgan fingerprint density at radius 1 is 0.682 bits per heavy atom. The second-order valence-corrected chi connectivity index (χ2v) is 4.75. The molecule has 0 bridgehead atoms. The first kappa shape index (κ1) is 13.8. The molecule has 2 heteroatoms. The minimum absolute atomic E-state index is 0.722. The zero-order valence-electron chi connectivity index (χ0n) is 12.0. The van der Waals surface area contributed by atoms with Gasteiger partial charge in [-0.05, 0) is 23.8 Å². The molecule has 3 rings (SSSR count). The Hall–Kier alpha value is -3.18. The Morgan fingerprint density at radius 3 is 2.05 bits per heavy atom. The number of hydrogen-bond acceptors (Lipinski definition) is 2. The highest BCUT2D eigenvalue weighted by Crippen LogP contribution is 2.34. The zero-order chi connectivity index (χ0) is 15.2. The third-order valence-corrected chi connectivity index (χ3v) is 3.30. The average molecular weight is 282 g/mol. The van der Waals surface area contributed by atoms with E-state index in [0.717, 1.165) is 28.1 Å². The summed E-state index contributed by atoms with van der Waals surface area (Å²) < 4.78 is 0. The van der Waals surface area contributed by atoms with E-state index >= 15 is 0 Å². The summed E-state index contributed by atoms with van der Waals surface area (Å²) in [7, 11) is 0. The highest BCUT2D eigenvalue weighted by Gasteiger charge is 2.08. The Bertz CT molecular complexity index is 829. The molecule has 3 aromatic carbocycles. The maximum atomic E-state index is 5.61. The Balaban J connectivity index is 2.10. The van der Waals surface area contributed by atoms with E-state index in [9.17, 15) is 0 Å². The zero-order valence-corrected chi connectivity index (χ0v) is 12.0. The van der Waals surface area contributed by atoms with Crippen LogP contribution in [0.5, 0.6) is 0 Å². The molecule has 0 radical (unpaired) electrons.